The number of hydrogen-bond donors (Lipinski definition) is 1. The molecule has 31 heavy (non-hydrogen) atoms. The van der Waals surface area contributed by atoms with Gasteiger partial charge >= 0.3 is 0 Å². The molecule has 3 heterocycles. The smallest absolute Gasteiger partial charge is 0.246 e. The molecule has 0 fully saturated rings. The van der Waals surface area contributed by atoms with Gasteiger partial charge in [0.25, 0.3) is 0 Å². The van der Waals surface area contributed by atoms with Gasteiger partial charge in [0.15, 0.2) is 11.6 Å². The summed E-state index contributed by atoms with van der Waals surface area (Å²) >= 11 is 0. The van der Waals surface area contributed by atoms with Crippen molar-refractivity contribution in [2.24, 2.45) is 0 Å². The maximum absolute atomic E-state index is 13.8. The molecular weight excluding hydrogens is 402 g/mol. The minimum atomic E-state index is -0.878. The lowest BCUT2D eigenvalue weighted by molar-refractivity contribution is -0.117. The first-order valence-corrected chi connectivity index (χ1v) is 9.69. The van der Waals surface area contributed by atoms with Crippen LogP contribution in [0.3, 0.4) is 0 Å². The van der Waals surface area contributed by atoms with Crippen LogP contribution in [0.15, 0.2) is 30.5 Å². The summed E-state index contributed by atoms with van der Waals surface area (Å²) in [5.41, 5.74) is 4.28. The molecule has 1 aromatic carbocycles. The largest absolute Gasteiger partial charge is 0.361 e. The number of carbonyl (C=O) groups is 1. The second-order valence-electron chi connectivity index (χ2n) is 7.49. The molecule has 1 N–H and O–H groups in total. The summed E-state index contributed by atoms with van der Waals surface area (Å²) in [6.45, 7) is 3.83. The number of anilines is 2. The molecule has 0 saturated carbocycles. The van der Waals surface area contributed by atoms with Gasteiger partial charge in [0, 0.05) is 24.5 Å². The number of benzene rings is 1. The highest BCUT2D eigenvalue weighted by molar-refractivity contribution is 6.03. The molecule has 0 bridgehead atoms. The van der Waals surface area contributed by atoms with Gasteiger partial charge in [0.05, 0.1) is 29.3 Å². The Hall–Kier alpha value is -3.36. The van der Waals surface area contributed by atoms with Crippen molar-refractivity contribution < 1.29 is 13.6 Å². The Morgan fingerprint density at radius 1 is 1.19 bits per heavy atom. The van der Waals surface area contributed by atoms with E-state index < -0.39 is 11.6 Å². The Labute approximate surface area is 180 Å². The van der Waals surface area contributed by atoms with Gasteiger partial charge in [-0.15, -0.1) is 5.10 Å². The quantitative estimate of drug-likeness (QED) is 0.673. The van der Waals surface area contributed by atoms with Crippen LogP contribution < -0.4 is 10.2 Å². The van der Waals surface area contributed by atoms with E-state index in [1.807, 2.05) is 31.9 Å². The van der Waals surface area contributed by atoms with Crippen LogP contribution >= 0.6 is 0 Å². The lowest BCUT2D eigenvalue weighted by atomic mass is 10.1. The number of amides is 1. The number of likely N-dealkylation sites (N-methyl/N-ethyl adjacent to an activating group) is 1. The van der Waals surface area contributed by atoms with Gasteiger partial charge in [-0.05, 0) is 38.8 Å². The van der Waals surface area contributed by atoms with Crippen molar-refractivity contribution in [3.05, 3.63) is 64.7 Å². The van der Waals surface area contributed by atoms with Crippen LogP contribution in [0, 0.1) is 18.6 Å². The van der Waals surface area contributed by atoms with Crippen molar-refractivity contribution in [3.63, 3.8) is 0 Å². The lowest BCUT2D eigenvalue weighted by Gasteiger charge is -2.34. The van der Waals surface area contributed by atoms with Crippen LogP contribution in [-0.2, 0) is 24.2 Å². The van der Waals surface area contributed by atoms with Crippen molar-refractivity contribution >= 4 is 17.3 Å². The van der Waals surface area contributed by atoms with Crippen molar-refractivity contribution in [3.8, 4) is 0 Å². The fourth-order valence-corrected chi connectivity index (χ4v) is 3.52. The molecule has 164 valence electrons. The summed E-state index contributed by atoms with van der Waals surface area (Å²) in [4.78, 5) is 18.6. The molecule has 1 aliphatic heterocycles. The van der Waals surface area contributed by atoms with E-state index in [1.165, 1.54) is 16.8 Å². The number of nitrogens with one attached hydrogen (secondary N) is 1. The number of fused-ring (bicyclic) bond motifs is 1. The van der Waals surface area contributed by atoms with Gasteiger partial charge in [-0.2, -0.15) is 0 Å². The highest BCUT2D eigenvalue weighted by atomic mass is 19.2. The van der Waals surface area contributed by atoms with Crippen molar-refractivity contribution in [2.75, 3.05) is 17.3 Å². The van der Waals surface area contributed by atoms with Gasteiger partial charge in [-0.25, -0.2) is 13.5 Å². The first-order valence-electron chi connectivity index (χ1n) is 9.69. The zero-order valence-electron chi connectivity index (χ0n) is 17.0. The third-order valence-corrected chi connectivity index (χ3v) is 5.41. The Morgan fingerprint density at radius 2 is 1.94 bits per heavy atom. The average molecular weight is 428 g/mol. The average Bonchev–Trinajstić information content (AvgIpc) is 3.16. The zero-order chi connectivity index (χ0) is 21.4. The lowest BCUT2D eigenvalue weighted by Crippen LogP contribution is -2.44. The van der Waals surface area contributed by atoms with Crippen LogP contribution in [0.2, 0.25) is 0 Å². The Balaban J connectivity index is 0.00000272. The first-order chi connectivity index (χ1) is 14.3. The normalized spacial score (nSPS) is 15.3. The zero-order valence-corrected chi connectivity index (χ0v) is 17.0. The van der Waals surface area contributed by atoms with Crippen molar-refractivity contribution in [1.82, 2.24) is 20.0 Å². The van der Waals surface area contributed by atoms with Crippen LogP contribution in [-0.4, -0.2) is 39.0 Å². The molecule has 9 heteroatoms. The van der Waals surface area contributed by atoms with E-state index in [4.69, 9.17) is 0 Å². The van der Waals surface area contributed by atoms with E-state index in [0.29, 0.717) is 12.8 Å². The van der Waals surface area contributed by atoms with E-state index >= 15 is 0 Å². The highest BCUT2D eigenvalue weighted by Gasteiger charge is 2.28. The number of pyridine rings is 1. The van der Waals surface area contributed by atoms with Crippen molar-refractivity contribution in [2.45, 2.75) is 46.7 Å². The minimum Gasteiger partial charge on any atom is -0.361 e. The maximum Gasteiger partial charge on any atom is 0.246 e. The summed E-state index contributed by atoms with van der Waals surface area (Å²) in [7, 11) is 1.89. The molecule has 1 amide bonds. The molecule has 0 saturated heterocycles. The van der Waals surface area contributed by atoms with Gasteiger partial charge < -0.3 is 10.2 Å². The van der Waals surface area contributed by atoms with E-state index in [-0.39, 0.29) is 31.5 Å². The molecular formula is C22H26F2N6O. The first kappa shape index (κ1) is 22.3. The van der Waals surface area contributed by atoms with Crippen LogP contribution in [0.4, 0.5) is 20.2 Å². The topological polar surface area (TPSA) is 75.9 Å². The van der Waals surface area contributed by atoms with E-state index in [0.717, 1.165) is 34.5 Å². The van der Waals surface area contributed by atoms with Gasteiger partial charge in [-0.1, -0.05) is 24.8 Å². The molecule has 3 aromatic rings. The standard InChI is InChI=1S/C21H22F2N6O.CH4/c1-12-20-18(28(3)13(2)21(30)25-20)9-15(24-12)7-8-16-11-29(27-26-16)10-14-5-4-6-17(22)19(14)23;/h4-6,9,11,13H,7-8,10H2,1-3H3,(H,25,30);1H4/t13-;/m0./s1. The number of carbonyl (C=O) groups excluding carboxylic acids is 1. The number of halogens is 2. The Kier molecular flexibility index (Phi) is 6.33. The third kappa shape index (κ3) is 4.40. The second kappa shape index (κ2) is 8.79. The summed E-state index contributed by atoms with van der Waals surface area (Å²) in [5.74, 6) is -1.79. The molecule has 4 rings (SSSR count). The fraction of sp³-hybridized carbons (Fsp3) is 0.364. The number of hydrogen-bond acceptors (Lipinski definition) is 5. The molecule has 1 atom stereocenters. The minimum absolute atomic E-state index is 0. The SMILES string of the molecule is C.Cc1nc(CCc2cn(Cc3cccc(F)c3F)nn2)cc2c1NC(=O)[C@H](C)N2C. The monoisotopic (exact) mass is 428 g/mol. The highest BCUT2D eigenvalue weighted by Crippen LogP contribution is 2.33. The summed E-state index contributed by atoms with van der Waals surface area (Å²) < 4.78 is 28.7. The number of aromatic nitrogens is 4. The molecule has 2 aromatic heterocycles. The van der Waals surface area contributed by atoms with Gasteiger partial charge in [0.1, 0.15) is 6.04 Å². The molecule has 0 unspecified atom stereocenters. The number of aryl methyl sites for hydroxylation is 3. The molecule has 0 spiro atoms. The van der Waals surface area contributed by atoms with Crippen molar-refractivity contribution in [1.29, 1.82) is 0 Å². The predicted octanol–water partition coefficient (Wildman–Crippen LogP) is 3.51. The van der Waals surface area contributed by atoms with E-state index in [1.54, 1.807) is 6.20 Å². The summed E-state index contributed by atoms with van der Waals surface area (Å²) in [6.07, 6.45) is 2.96. The molecule has 0 aliphatic carbocycles. The Morgan fingerprint density at radius 3 is 2.71 bits per heavy atom. The maximum atomic E-state index is 13.8. The number of rotatable bonds is 5. The fourth-order valence-electron chi connectivity index (χ4n) is 3.52. The second-order valence-corrected chi connectivity index (χ2v) is 7.49. The van der Waals surface area contributed by atoms with Crippen LogP contribution in [0.1, 0.15) is 37.0 Å². The van der Waals surface area contributed by atoms with Gasteiger partial charge in [0.2, 0.25) is 5.91 Å². The third-order valence-electron chi connectivity index (χ3n) is 5.41. The molecule has 1 aliphatic rings. The molecule has 0 radical (unpaired) electrons. The predicted molar refractivity (Wildman–Crippen MR) is 115 cm³/mol. The molecule has 7 nitrogen and oxygen atoms in total. The van der Waals surface area contributed by atoms with E-state index in [9.17, 15) is 13.6 Å². The Bertz CT molecular complexity index is 1110. The van der Waals surface area contributed by atoms with Gasteiger partial charge in [-0.3, -0.25) is 9.78 Å². The number of nitrogens with zero attached hydrogens (tertiary/aromatic N) is 5. The van der Waals surface area contributed by atoms with Crippen LogP contribution in [0.5, 0.6) is 0 Å². The van der Waals surface area contributed by atoms with E-state index in [2.05, 4.69) is 20.6 Å². The summed E-state index contributed by atoms with van der Waals surface area (Å²) in [6, 6.07) is 5.80. The van der Waals surface area contributed by atoms with Crippen LogP contribution in [0.25, 0.3) is 0 Å². The summed E-state index contributed by atoms with van der Waals surface area (Å²) in [5, 5.41) is 11.1.